The van der Waals surface area contributed by atoms with Gasteiger partial charge >= 0.3 is 0 Å². The minimum Gasteiger partial charge on any atom is -0.550 e. The Morgan fingerprint density at radius 1 is 0.198 bits per heavy atom. The van der Waals surface area contributed by atoms with Crippen LogP contribution in [0.4, 0.5) is 0 Å². The maximum atomic E-state index is 10.2. The zero-order chi connectivity index (χ0) is 59.6. The Morgan fingerprint density at radius 3 is 0.432 bits per heavy atom. The third-order valence-corrected chi connectivity index (χ3v) is 14.6. The van der Waals surface area contributed by atoms with Crippen molar-refractivity contribution in [3.63, 3.8) is 0 Å². The fourth-order valence-electron chi connectivity index (χ4n) is 9.36. The third kappa shape index (κ3) is 103. The molecule has 0 bridgehead atoms. The number of aliphatic carboxylic acids is 4. The Hall–Kier alpha value is -2.24. The number of allylic oxidation sites excluding steroid dienone is 8. The quantitative estimate of drug-likeness (QED) is 0.0330. The molecule has 0 saturated carbocycles. The van der Waals surface area contributed by atoms with Gasteiger partial charge in [0.1, 0.15) is 0 Å². The Labute approximate surface area is 523 Å². The second-order valence-electron chi connectivity index (χ2n) is 22.8. The zero-order valence-corrected chi connectivity index (χ0v) is 57.9. The smallest absolute Gasteiger partial charge is 0.0414 e. The van der Waals surface area contributed by atoms with Crippen LogP contribution >= 0.6 is 0 Å². The summed E-state index contributed by atoms with van der Waals surface area (Å²) < 4.78 is 0. The molecular formula is C72H132O8Pb-4. The van der Waals surface area contributed by atoms with E-state index in [0.717, 1.165) is 77.0 Å². The van der Waals surface area contributed by atoms with Gasteiger partial charge in [0.05, 0.1) is 0 Å². The van der Waals surface area contributed by atoms with Crippen molar-refractivity contribution in [3.8, 4) is 0 Å². The fraction of sp³-hybridized carbons (Fsp3) is 0.833. The Morgan fingerprint density at radius 2 is 0.309 bits per heavy atom. The number of hydrogen-bond donors (Lipinski definition) is 0. The van der Waals surface area contributed by atoms with E-state index in [2.05, 4.69) is 76.3 Å². The zero-order valence-electron chi connectivity index (χ0n) is 54.0. The van der Waals surface area contributed by atoms with Crippen molar-refractivity contribution in [2.75, 3.05) is 0 Å². The van der Waals surface area contributed by atoms with Crippen LogP contribution in [0.15, 0.2) is 48.6 Å². The number of carbonyl (C=O) groups is 4. The number of carboxylic acid groups (broad SMARTS) is 4. The number of unbranched alkanes of at least 4 members (excludes halogenated alkanes) is 44. The molecule has 0 unspecified atom stereocenters. The first kappa shape index (κ1) is 87.5. The summed E-state index contributed by atoms with van der Waals surface area (Å²) in [4.78, 5) is 40.9. The molecule has 0 spiro atoms. The molecule has 0 aromatic rings. The minimum atomic E-state index is -0.914. The Bertz CT molecular complexity index is 1140. The van der Waals surface area contributed by atoms with E-state index in [0.29, 0.717) is 0 Å². The molecule has 8 nitrogen and oxygen atoms in total. The molecule has 0 aromatic carbocycles. The summed E-state index contributed by atoms with van der Waals surface area (Å²) in [5, 5.41) is 40.9. The first-order chi connectivity index (χ1) is 39.1. The maximum Gasteiger partial charge on any atom is 0.0414 e. The average Bonchev–Trinajstić information content (AvgIpc) is 3.43. The van der Waals surface area contributed by atoms with Crippen LogP contribution < -0.4 is 20.4 Å². The van der Waals surface area contributed by atoms with Crippen molar-refractivity contribution in [1.82, 2.24) is 0 Å². The van der Waals surface area contributed by atoms with Crippen LogP contribution in [0.25, 0.3) is 0 Å². The van der Waals surface area contributed by atoms with E-state index in [1.165, 1.54) is 257 Å². The van der Waals surface area contributed by atoms with Crippen molar-refractivity contribution in [1.29, 1.82) is 0 Å². The van der Waals surface area contributed by atoms with E-state index < -0.39 is 23.9 Å². The van der Waals surface area contributed by atoms with Crippen LogP contribution in [0.1, 0.15) is 387 Å². The Balaban J connectivity index is -0.000000316. The van der Waals surface area contributed by atoms with Gasteiger partial charge in [0.25, 0.3) is 0 Å². The molecule has 4 radical (unpaired) electrons. The summed E-state index contributed by atoms with van der Waals surface area (Å²) in [6.45, 7) is 9.02. The normalized spacial score (nSPS) is 11.1. The summed E-state index contributed by atoms with van der Waals surface area (Å²) in [6.07, 6.45) is 83.6. The number of hydrogen-bond acceptors (Lipinski definition) is 8. The molecule has 0 aromatic heterocycles. The standard InChI is InChI=1S/4C18H34O2.Pb/c4*1-2-3-4-5-6-7-8-9-10-11-12-13-14-15-16-17-18(19)20;/h4*9-10H,2-8,11-17H2,1H3,(H,19,20);/p-4/b4*10-9+;. The van der Waals surface area contributed by atoms with Gasteiger partial charge in [-0.25, -0.2) is 0 Å². The van der Waals surface area contributed by atoms with Gasteiger partial charge in [0.2, 0.25) is 0 Å². The van der Waals surface area contributed by atoms with E-state index in [1.807, 2.05) is 0 Å². The van der Waals surface area contributed by atoms with Crippen LogP contribution in [0.2, 0.25) is 0 Å². The minimum absolute atomic E-state index is 0. The largest absolute Gasteiger partial charge is 0.550 e. The van der Waals surface area contributed by atoms with Crippen molar-refractivity contribution in [3.05, 3.63) is 48.6 Å². The van der Waals surface area contributed by atoms with E-state index in [9.17, 15) is 39.6 Å². The molecule has 0 amide bonds. The monoisotopic (exact) mass is 1330 g/mol. The molecule has 0 fully saturated rings. The first-order valence-corrected chi connectivity index (χ1v) is 34.5. The maximum absolute atomic E-state index is 10.2. The molecule has 0 atom stereocenters. The van der Waals surface area contributed by atoms with Gasteiger partial charge < -0.3 is 39.6 Å². The SMILES string of the molecule is CCCCCCCC/C=C/CCCCCCCC(=O)[O-].CCCCCCCC/C=C/CCCCCCCC(=O)[O-].CCCCCCCC/C=C/CCCCCCCC(=O)[O-].CCCCCCCC/C=C/CCCCCCCC(=O)[O-].[Pb]. The van der Waals surface area contributed by atoms with Gasteiger partial charge in [0.15, 0.2) is 0 Å². The van der Waals surface area contributed by atoms with Crippen LogP contribution in [0.3, 0.4) is 0 Å². The van der Waals surface area contributed by atoms with Crippen molar-refractivity contribution in [2.45, 2.75) is 387 Å². The molecule has 0 aliphatic carbocycles. The fourth-order valence-corrected chi connectivity index (χ4v) is 9.36. The average molecular weight is 1330 g/mol. The Kier molecular flexibility index (Phi) is 91.0. The van der Waals surface area contributed by atoms with Crippen molar-refractivity contribution < 1.29 is 39.6 Å². The van der Waals surface area contributed by atoms with Crippen LogP contribution in [0, 0.1) is 0 Å². The van der Waals surface area contributed by atoms with Gasteiger partial charge in [-0.3, -0.25) is 0 Å². The molecule has 476 valence electrons. The third-order valence-electron chi connectivity index (χ3n) is 14.6. The van der Waals surface area contributed by atoms with Crippen molar-refractivity contribution in [2.24, 2.45) is 0 Å². The van der Waals surface area contributed by atoms with Gasteiger partial charge in [-0.1, -0.05) is 282 Å². The molecule has 81 heavy (non-hydrogen) atoms. The molecule has 0 rings (SSSR count). The first-order valence-electron chi connectivity index (χ1n) is 34.5. The molecule has 0 N–H and O–H groups in total. The number of carboxylic acids is 4. The summed E-state index contributed by atoms with van der Waals surface area (Å²) in [7, 11) is 0. The van der Waals surface area contributed by atoms with Gasteiger partial charge in [-0.2, -0.15) is 0 Å². The molecule has 0 heterocycles. The summed E-state index contributed by atoms with van der Waals surface area (Å²) in [5.41, 5.74) is 0. The molecule has 0 saturated heterocycles. The van der Waals surface area contributed by atoms with Crippen LogP contribution in [-0.4, -0.2) is 51.2 Å². The van der Waals surface area contributed by atoms with Crippen molar-refractivity contribution >= 4 is 51.2 Å². The molecule has 0 aliphatic rings. The molecule has 9 heteroatoms. The van der Waals surface area contributed by atoms with Gasteiger partial charge in [-0.15, -0.1) is 0 Å². The van der Waals surface area contributed by atoms with E-state index in [1.54, 1.807) is 0 Å². The topological polar surface area (TPSA) is 161 Å². The number of rotatable bonds is 60. The van der Waals surface area contributed by atoms with Gasteiger partial charge in [-0.05, 0) is 154 Å². The van der Waals surface area contributed by atoms with E-state index in [-0.39, 0.29) is 53.0 Å². The summed E-state index contributed by atoms with van der Waals surface area (Å²) >= 11 is 0. The van der Waals surface area contributed by atoms with Crippen LogP contribution in [0.5, 0.6) is 0 Å². The predicted molar refractivity (Wildman–Crippen MR) is 344 cm³/mol. The van der Waals surface area contributed by atoms with E-state index >= 15 is 0 Å². The van der Waals surface area contributed by atoms with E-state index in [4.69, 9.17) is 0 Å². The van der Waals surface area contributed by atoms with Crippen LogP contribution in [-0.2, 0) is 19.2 Å². The predicted octanol–water partition coefficient (Wildman–Crippen LogP) is 18.7. The second kappa shape index (κ2) is 84.2. The molecular weight excluding hydrogens is 1200 g/mol. The second-order valence-corrected chi connectivity index (χ2v) is 22.8. The summed E-state index contributed by atoms with van der Waals surface area (Å²) in [5.74, 6) is -3.66. The molecule has 0 aliphatic heterocycles. The number of carbonyl (C=O) groups excluding carboxylic acids is 4. The van der Waals surface area contributed by atoms with Gasteiger partial charge in [0, 0.05) is 51.2 Å². The summed E-state index contributed by atoms with van der Waals surface area (Å²) in [6, 6.07) is 0.